The lowest BCUT2D eigenvalue weighted by molar-refractivity contribution is -0.137. The number of carbonyl (C=O) groups is 1. The lowest BCUT2D eigenvalue weighted by Gasteiger charge is -2.27. The fraction of sp³-hybridized carbons (Fsp3) is 0.333. The van der Waals surface area contributed by atoms with E-state index in [2.05, 4.69) is 20.9 Å². The zero-order chi connectivity index (χ0) is 21.9. The van der Waals surface area contributed by atoms with Crippen molar-refractivity contribution in [1.29, 1.82) is 0 Å². The van der Waals surface area contributed by atoms with Gasteiger partial charge in [-0.1, -0.05) is 6.92 Å². The Morgan fingerprint density at radius 2 is 2.00 bits per heavy atom. The summed E-state index contributed by atoms with van der Waals surface area (Å²) in [5.74, 6) is -1.04. The molecule has 160 valence electrons. The normalized spacial score (nSPS) is 17.1. The van der Waals surface area contributed by atoms with Crippen molar-refractivity contribution in [3.63, 3.8) is 0 Å². The molecular formula is C21H22F4N4O. The van der Waals surface area contributed by atoms with E-state index >= 15 is 0 Å². The van der Waals surface area contributed by atoms with Crippen LogP contribution in [-0.4, -0.2) is 31.0 Å². The zero-order valence-electron chi connectivity index (χ0n) is 16.5. The Morgan fingerprint density at radius 3 is 2.70 bits per heavy atom. The van der Waals surface area contributed by atoms with Crippen LogP contribution in [0, 0.1) is 11.7 Å². The van der Waals surface area contributed by atoms with E-state index in [1.165, 1.54) is 6.20 Å². The predicted octanol–water partition coefficient (Wildman–Crippen LogP) is 3.48. The highest BCUT2D eigenvalue weighted by atomic mass is 19.4. The maximum absolute atomic E-state index is 13.7. The van der Waals surface area contributed by atoms with Gasteiger partial charge in [-0.3, -0.25) is 9.78 Å². The van der Waals surface area contributed by atoms with Gasteiger partial charge in [0.1, 0.15) is 5.82 Å². The van der Waals surface area contributed by atoms with Crippen LogP contribution in [-0.2, 0) is 17.4 Å². The third-order valence-electron chi connectivity index (χ3n) is 4.78. The van der Waals surface area contributed by atoms with Crippen LogP contribution < -0.4 is 16.0 Å². The summed E-state index contributed by atoms with van der Waals surface area (Å²) in [7, 11) is 1.75. The molecule has 0 bridgehead atoms. The van der Waals surface area contributed by atoms with Gasteiger partial charge in [0.15, 0.2) is 0 Å². The number of pyridine rings is 1. The van der Waals surface area contributed by atoms with Crippen LogP contribution in [0.4, 0.5) is 23.2 Å². The second-order valence-corrected chi connectivity index (χ2v) is 7.22. The second-order valence-electron chi connectivity index (χ2n) is 7.22. The highest BCUT2D eigenvalue weighted by molar-refractivity contribution is 5.96. The molecule has 1 unspecified atom stereocenters. The molecule has 0 saturated heterocycles. The largest absolute Gasteiger partial charge is 0.416 e. The van der Waals surface area contributed by atoms with Crippen LogP contribution in [0.5, 0.6) is 0 Å². The number of nitrogens with zero attached hydrogens (tertiary/aromatic N) is 1. The Labute approximate surface area is 171 Å². The number of alkyl halides is 3. The Hall–Kier alpha value is -2.94. The molecule has 2 heterocycles. The molecule has 1 aliphatic rings. The molecule has 30 heavy (non-hydrogen) atoms. The van der Waals surface area contributed by atoms with Crippen LogP contribution in [0.2, 0.25) is 0 Å². The topological polar surface area (TPSA) is 66.1 Å². The molecule has 3 rings (SSSR count). The lowest BCUT2D eigenvalue weighted by Crippen LogP contribution is -2.41. The molecule has 0 spiro atoms. The molecule has 0 radical (unpaired) electrons. The van der Waals surface area contributed by atoms with E-state index in [9.17, 15) is 22.4 Å². The minimum absolute atomic E-state index is 0.0365. The van der Waals surface area contributed by atoms with Crippen LogP contribution in [0.25, 0.3) is 0 Å². The molecule has 0 fully saturated rings. The van der Waals surface area contributed by atoms with E-state index in [1.54, 1.807) is 19.2 Å². The Balaban J connectivity index is 1.86. The molecule has 1 aromatic heterocycles. The third-order valence-corrected chi connectivity index (χ3v) is 4.78. The van der Waals surface area contributed by atoms with Gasteiger partial charge in [0.25, 0.3) is 0 Å². The highest BCUT2D eigenvalue weighted by Crippen LogP contribution is 2.31. The molecule has 5 nitrogen and oxygen atoms in total. The van der Waals surface area contributed by atoms with Gasteiger partial charge in [-0.15, -0.1) is 0 Å². The summed E-state index contributed by atoms with van der Waals surface area (Å²) in [5, 5.41) is 9.06. The highest BCUT2D eigenvalue weighted by Gasteiger charge is 2.31. The van der Waals surface area contributed by atoms with Gasteiger partial charge in [-0.25, -0.2) is 4.39 Å². The summed E-state index contributed by atoms with van der Waals surface area (Å²) in [6, 6.07) is 5.85. The van der Waals surface area contributed by atoms with E-state index in [0.29, 0.717) is 36.1 Å². The van der Waals surface area contributed by atoms with Gasteiger partial charge < -0.3 is 16.0 Å². The van der Waals surface area contributed by atoms with Crippen LogP contribution in [0.3, 0.4) is 0 Å². The molecule has 1 aliphatic heterocycles. The van der Waals surface area contributed by atoms with Gasteiger partial charge in [-0.2, -0.15) is 13.2 Å². The van der Waals surface area contributed by atoms with Gasteiger partial charge >= 0.3 is 6.18 Å². The van der Waals surface area contributed by atoms with Gasteiger partial charge in [0.05, 0.1) is 11.1 Å². The molecule has 9 heteroatoms. The molecule has 2 aromatic rings. The van der Waals surface area contributed by atoms with Gasteiger partial charge in [-0.05, 0) is 42.9 Å². The maximum atomic E-state index is 13.7. The van der Waals surface area contributed by atoms with Crippen LogP contribution in [0.1, 0.15) is 23.7 Å². The molecule has 3 N–H and O–H groups in total. The van der Waals surface area contributed by atoms with Crippen molar-refractivity contribution in [2.75, 3.05) is 25.5 Å². The molecule has 1 atom stereocenters. The maximum Gasteiger partial charge on any atom is 0.416 e. The fourth-order valence-electron chi connectivity index (χ4n) is 3.36. The number of aromatic nitrogens is 1. The molecule has 1 amide bonds. The summed E-state index contributed by atoms with van der Waals surface area (Å²) in [6.07, 6.45) is -3.07. The number of carbonyl (C=O) groups excluding carboxylic acids is 1. The standard InChI is InChI=1S/C21H22F4N4O/c1-12-10-28-20(30)18(11-26-2)19(12)29-16-3-4-27-17(9-16)7-13-5-14(21(23,24)25)8-15(22)6-13/h3-6,8-9,12,26H,7,10-11H2,1-2H3,(H,27,29)(H,28,30). The minimum atomic E-state index is -4.62. The quantitative estimate of drug-likeness (QED) is 0.624. The number of amides is 1. The number of halogens is 4. The van der Waals surface area contributed by atoms with E-state index in [4.69, 9.17) is 0 Å². The number of hydrogen-bond acceptors (Lipinski definition) is 4. The van der Waals surface area contributed by atoms with Crippen LogP contribution >= 0.6 is 0 Å². The van der Waals surface area contributed by atoms with E-state index in [-0.39, 0.29) is 23.8 Å². The summed E-state index contributed by atoms with van der Waals surface area (Å²) >= 11 is 0. The van der Waals surface area contributed by atoms with E-state index < -0.39 is 17.6 Å². The van der Waals surface area contributed by atoms with Crippen molar-refractivity contribution in [1.82, 2.24) is 15.6 Å². The average molecular weight is 422 g/mol. The molecule has 1 aromatic carbocycles. The third kappa shape index (κ3) is 5.15. The second kappa shape index (κ2) is 8.83. The van der Waals surface area contributed by atoms with Gasteiger partial charge in [0, 0.05) is 48.7 Å². The first-order valence-electron chi connectivity index (χ1n) is 9.42. The first-order valence-corrected chi connectivity index (χ1v) is 9.42. The number of hydrogen-bond donors (Lipinski definition) is 3. The zero-order valence-corrected chi connectivity index (χ0v) is 16.5. The van der Waals surface area contributed by atoms with Gasteiger partial charge in [0.2, 0.25) is 5.91 Å². The van der Waals surface area contributed by atoms with E-state index in [1.807, 2.05) is 6.92 Å². The first-order chi connectivity index (χ1) is 14.2. The van der Waals surface area contributed by atoms with Crippen molar-refractivity contribution >= 4 is 11.6 Å². The van der Waals surface area contributed by atoms with Crippen molar-refractivity contribution < 1.29 is 22.4 Å². The van der Waals surface area contributed by atoms with Crippen molar-refractivity contribution in [2.45, 2.75) is 19.5 Å². The Morgan fingerprint density at radius 1 is 1.23 bits per heavy atom. The minimum Gasteiger partial charge on any atom is -0.358 e. The average Bonchev–Trinajstić information content (AvgIpc) is 2.67. The summed E-state index contributed by atoms with van der Waals surface area (Å²) < 4.78 is 52.5. The van der Waals surface area contributed by atoms with Crippen molar-refractivity contribution in [3.8, 4) is 0 Å². The van der Waals surface area contributed by atoms with Crippen molar-refractivity contribution in [2.24, 2.45) is 5.92 Å². The predicted molar refractivity (Wildman–Crippen MR) is 105 cm³/mol. The Kier molecular flexibility index (Phi) is 6.40. The fourth-order valence-corrected chi connectivity index (χ4v) is 3.36. The smallest absolute Gasteiger partial charge is 0.358 e. The molecule has 0 saturated carbocycles. The summed E-state index contributed by atoms with van der Waals surface area (Å²) in [4.78, 5) is 16.4. The number of likely N-dealkylation sites (N-methyl/N-ethyl adjacent to an activating group) is 1. The lowest BCUT2D eigenvalue weighted by atomic mass is 9.97. The van der Waals surface area contributed by atoms with Crippen LogP contribution in [0.15, 0.2) is 47.8 Å². The first kappa shape index (κ1) is 21.8. The number of nitrogens with one attached hydrogen (secondary N) is 3. The number of rotatable bonds is 6. The summed E-state index contributed by atoms with van der Waals surface area (Å²) in [5.41, 5.74) is 1.63. The summed E-state index contributed by atoms with van der Waals surface area (Å²) in [6.45, 7) is 2.86. The monoisotopic (exact) mass is 422 g/mol. The molecular weight excluding hydrogens is 400 g/mol. The molecule has 0 aliphatic carbocycles. The number of anilines is 1. The SMILES string of the molecule is CNCC1=C(Nc2ccnc(Cc3cc(F)cc(C(F)(F)F)c3)c2)C(C)CNC1=O. The van der Waals surface area contributed by atoms with Crippen molar-refractivity contribution in [3.05, 3.63) is 70.4 Å². The number of benzene rings is 1. The Bertz CT molecular complexity index is 972. The van der Waals surface area contributed by atoms with E-state index in [0.717, 1.165) is 17.8 Å².